The lowest BCUT2D eigenvalue weighted by Gasteiger charge is -2.23. The Morgan fingerprint density at radius 3 is 3.00 bits per heavy atom. The number of nitrogens with one attached hydrogen (secondary N) is 1. The predicted octanol–water partition coefficient (Wildman–Crippen LogP) is 3.01. The first kappa shape index (κ1) is 11.1. The summed E-state index contributed by atoms with van der Waals surface area (Å²) in [6, 6.07) is 4.14. The van der Waals surface area contributed by atoms with Gasteiger partial charge in [0.25, 0.3) is 0 Å². The van der Waals surface area contributed by atoms with Crippen LogP contribution in [0.2, 0.25) is 0 Å². The number of ether oxygens (including phenoxy) is 2. The van der Waals surface area contributed by atoms with Crippen LogP contribution in [0.15, 0.2) is 12.1 Å². The molecule has 1 N–H and O–H groups in total. The third-order valence-electron chi connectivity index (χ3n) is 3.15. The number of hydrogen-bond acceptors (Lipinski definition) is 3. The van der Waals surface area contributed by atoms with Crippen molar-refractivity contribution in [3.63, 3.8) is 0 Å². The molecule has 1 heterocycles. The van der Waals surface area contributed by atoms with E-state index in [2.05, 4.69) is 25.2 Å². The largest absolute Gasteiger partial charge is 0.496 e. The molecule has 0 aliphatic carbocycles. The lowest BCUT2D eigenvalue weighted by atomic mass is 9.96. The zero-order valence-electron chi connectivity index (χ0n) is 10.2. The molecule has 3 heteroatoms. The maximum atomic E-state index is 5.64. The topological polar surface area (TPSA) is 30.5 Å². The number of fused-ring (bicyclic) bond motifs is 1. The highest BCUT2D eigenvalue weighted by Gasteiger charge is 2.17. The minimum atomic E-state index is 0.491. The summed E-state index contributed by atoms with van der Waals surface area (Å²) in [6.45, 7) is 5.99. The molecule has 2 rings (SSSR count). The summed E-state index contributed by atoms with van der Waals surface area (Å²) in [4.78, 5) is 0. The second-order valence-electron chi connectivity index (χ2n) is 4.17. The van der Waals surface area contributed by atoms with Crippen LogP contribution in [0, 0.1) is 0 Å². The molecular formula is C13H19NO2. The van der Waals surface area contributed by atoms with Crippen molar-refractivity contribution in [3.8, 4) is 11.5 Å². The molecule has 0 spiro atoms. The van der Waals surface area contributed by atoms with E-state index >= 15 is 0 Å². The molecule has 88 valence electrons. The molecule has 0 saturated heterocycles. The molecule has 1 aliphatic heterocycles. The summed E-state index contributed by atoms with van der Waals surface area (Å²) >= 11 is 0. The molecule has 1 aromatic carbocycles. The molecule has 0 fully saturated rings. The fraction of sp³-hybridized carbons (Fsp3) is 0.538. The summed E-state index contributed by atoms with van der Waals surface area (Å²) in [7, 11) is 1.72. The van der Waals surface area contributed by atoms with Crippen LogP contribution in [0.4, 0.5) is 5.69 Å². The van der Waals surface area contributed by atoms with Gasteiger partial charge in [-0.3, -0.25) is 0 Å². The molecule has 1 aliphatic rings. The van der Waals surface area contributed by atoms with Gasteiger partial charge < -0.3 is 14.8 Å². The monoisotopic (exact) mass is 221 g/mol. The Labute approximate surface area is 96.8 Å². The molecule has 0 radical (unpaired) electrons. The van der Waals surface area contributed by atoms with Crippen LogP contribution in [-0.4, -0.2) is 20.3 Å². The van der Waals surface area contributed by atoms with Gasteiger partial charge in [-0.15, -0.1) is 0 Å². The number of methoxy groups -OCH3 is 1. The van der Waals surface area contributed by atoms with Crippen molar-refractivity contribution in [2.75, 3.05) is 25.6 Å². The zero-order chi connectivity index (χ0) is 11.5. The Balaban J connectivity index is 2.43. The lowest BCUT2D eigenvalue weighted by Crippen LogP contribution is -2.18. The van der Waals surface area contributed by atoms with Crippen molar-refractivity contribution < 1.29 is 9.47 Å². The van der Waals surface area contributed by atoms with Gasteiger partial charge >= 0.3 is 0 Å². The molecule has 1 aromatic rings. The van der Waals surface area contributed by atoms with Gasteiger partial charge in [-0.05, 0) is 18.4 Å². The van der Waals surface area contributed by atoms with Crippen LogP contribution in [0.25, 0.3) is 0 Å². The Morgan fingerprint density at radius 1 is 1.50 bits per heavy atom. The van der Waals surface area contributed by atoms with Gasteiger partial charge in [0, 0.05) is 18.2 Å². The first-order chi connectivity index (χ1) is 7.76. The third-order valence-corrected chi connectivity index (χ3v) is 3.15. The van der Waals surface area contributed by atoms with E-state index in [0.717, 1.165) is 36.8 Å². The summed E-state index contributed by atoms with van der Waals surface area (Å²) in [5.74, 6) is 2.39. The first-order valence-electron chi connectivity index (χ1n) is 5.84. The highest BCUT2D eigenvalue weighted by atomic mass is 16.5. The molecule has 0 aromatic heterocycles. The number of rotatable bonds is 3. The molecule has 0 saturated carbocycles. The zero-order valence-corrected chi connectivity index (χ0v) is 10.2. The highest BCUT2D eigenvalue weighted by Crippen LogP contribution is 2.38. The summed E-state index contributed by atoms with van der Waals surface area (Å²) in [5, 5.41) is 3.32. The van der Waals surface area contributed by atoms with Crippen molar-refractivity contribution in [1.29, 1.82) is 0 Å². The van der Waals surface area contributed by atoms with Gasteiger partial charge in [0.1, 0.15) is 18.1 Å². The number of anilines is 1. The third kappa shape index (κ3) is 1.94. The van der Waals surface area contributed by atoms with E-state index in [1.54, 1.807) is 7.11 Å². The Kier molecular flexibility index (Phi) is 3.22. The van der Waals surface area contributed by atoms with Crippen molar-refractivity contribution in [3.05, 3.63) is 17.7 Å². The fourth-order valence-corrected chi connectivity index (χ4v) is 1.96. The van der Waals surface area contributed by atoms with E-state index < -0.39 is 0 Å². The minimum absolute atomic E-state index is 0.491. The van der Waals surface area contributed by atoms with Crippen LogP contribution < -0.4 is 14.8 Å². The van der Waals surface area contributed by atoms with E-state index in [4.69, 9.17) is 9.47 Å². The number of hydrogen-bond donors (Lipinski definition) is 1. The average molecular weight is 221 g/mol. The average Bonchev–Trinajstić information content (AvgIpc) is 2.36. The van der Waals surface area contributed by atoms with Crippen molar-refractivity contribution in [2.24, 2.45) is 0 Å². The van der Waals surface area contributed by atoms with Crippen LogP contribution in [0.1, 0.15) is 31.7 Å². The second kappa shape index (κ2) is 4.64. The normalized spacial score (nSPS) is 15.7. The van der Waals surface area contributed by atoms with Crippen LogP contribution in [0.3, 0.4) is 0 Å². The summed E-state index contributed by atoms with van der Waals surface area (Å²) in [5.41, 5.74) is 2.27. The summed E-state index contributed by atoms with van der Waals surface area (Å²) in [6.07, 6.45) is 1.10. The molecular weight excluding hydrogens is 202 g/mol. The molecule has 0 amide bonds. The Morgan fingerprint density at radius 2 is 2.31 bits per heavy atom. The minimum Gasteiger partial charge on any atom is -0.496 e. The van der Waals surface area contributed by atoms with Gasteiger partial charge in [-0.2, -0.15) is 0 Å². The van der Waals surface area contributed by atoms with E-state index in [1.165, 1.54) is 5.56 Å². The van der Waals surface area contributed by atoms with Crippen molar-refractivity contribution in [2.45, 2.75) is 26.2 Å². The fourth-order valence-electron chi connectivity index (χ4n) is 1.96. The molecule has 1 unspecified atom stereocenters. The maximum Gasteiger partial charge on any atom is 0.143 e. The van der Waals surface area contributed by atoms with Crippen LogP contribution in [-0.2, 0) is 0 Å². The molecule has 16 heavy (non-hydrogen) atoms. The summed E-state index contributed by atoms with van der Waals surface area (Å²) < 4.78 is 11.1. The van der Waals surface area contributed by atoms with Gasteiger partial charge in [0.05, 0.1) is 12.8 Å². The maximum absolute atomic E-state index is 5.64. The smallest absolute Gasteiger partial charge is 0.143 e. The van der Waals surface area contributed by atoms with E-state index in [9.17, 15) is 0 Å². The van der Waals surface area contributed by atoms with Crippen LogP contribution in [0.5, 0.6) is 11.5 Å². The predicted molar refractivity (Wildman–Crippen MR) is 65.7 cm³/mol. The standard InChI is InChI=1S/C13H19NO2/c1-4-9(2)10-7-13-11(8-12(10)15-3)14-5-6-16-13/h7-9,14H,4-6H2,1-3H3. The lowest BCUT2D eigenvalue weighted by molar-refractivity contribution is 0.321. The number of benzene rings is 1. The van der Waals surface area contributed by atoms with Crippen molar-refractivity contribution >= 4 is 5.69 Å². The van der Waals surface area contributed by atoms with Gasteiger partial charge in [-0.1, -0.05) is 13.8 Å². The highest BCUT2D eigenvalue weighted by molar-refractivity contribution is 5.63. The van der Waals surface area contributed by atoms with Gasteiger partial charge in [-0.25, -0.2) is 0 Å². The quantitative estimate of drug-likeness (QED) is 0.851. The molecule has 3 nitrogen and oxygen atoms in total. The Bertz CT molecular complexity index is 376. The van der Waals surface area contributed by atoms with E-state index in [1.807, 2.05) is 6.07 Å². The van der Waals surface area contributed by atoms with E-state index in [-0.39, 0.29) is 0 Å². The van der Waals surface area contributed by atoms with Gasteiger partial charge in [0.2, 0.25) is 0 Å². The second-order valence-corrected chi connectivity index (χ2v) is 4.17. The molecule has 0 bridgehead atoms. The first-order valence-corrected chi connectivity index (χ1v) is 5.84. The van der Waals surface area contributed by atoms with Crippen molar-refractivity contribution in [1.82, 2.24) is 0 Å². The van der Waals surface area contributed by atoms with Gasteiger partial charge in [0.15, 0.2) is 0 Å². The van der Waals surface area contributed by atoms with E-state index in [0.29, 0.717) is 5.92 Å². The SMILES string of the molecule is CCC(C)c1cc2c(cc1OC)NCCO2. The Hall–Kier alpha value is -1.38. The van der Waals surface area contributed by atoms with Crippen LogP contribution >= 0.6 is 0 Å². The molecule has 1 atom stereocenters.